The average molecular weight is 290 g/mol. The molecule has 0 saturated heterocycles. The van der Waals surface area contributed by atoms with Crippen LogP contribution in [0.2, 0.25) is 0 Å². The van der Waals surface area contributed by atoms with Crippen LogP contribution in [0.3, 0.4) is 0 Å². The van der Waals surface area contributed by atoms with Crippen LogP contribution >= 0.6 is 11.3 Å². The molecule has 0 spiro atoms. The fraction of sp³-hybridized carbons (Fsp3) is 0.286. The summed E-state index contributed by atoms with van der Waals surface area (Å²) in [7, 11) is 0. The molecule has 0 fully saturated rings. The summed E-state index contributed by atoms with van der Waals surface area (Å²) in [6.45, 7) is 3.94. The van der Waals surface area contributed by atoms with Gasteiger partial charge in [0.25, 0.3) is 0 Å². The second-order valence-corrected chi connectivity index (χ2v) is 5.89. The number of hydrogen-bond acceptors (Lipinski definition) is 5. The smallest absolute Gasteiger partial charge is 0.339 e. The van der Waals surface area contributed by atoms with Crippen molar-refractivity contribution in [3.8, 4) is 5.75 Å². The fourth-order valence-electron chi connectivity index (χ4n) is 2.30. The van der Waals surface area contributed by atoms with Gasteiger partial charge in [0, 0.05) is 11.1 Å². The Balaban J connectivity index is 1.94. The number of carboxylic acids is 1. The SMILES string of the molecule is Cc1ncc(CN2CCOc3c(C(=O)O)cccc32)s1. The minimum atomic E-state index is -0.961. The van der Waals surface area contributed by atoms with Gasteiger partial charge in [0.1, 0.15) is 12.2 Å². The second kappa shape index (κ2) is 5.13. The molecule has 0 atom stereocenters. The summed E-state index contributed by atoms with van der Waals surface area (Å²) >= 11 is 1.66. The van der Waals surface area contributed by atoms with Crippen molar-refractivity contribution < 1.29 is 14.6 Å². The van der Waals surface area contributed by atoms with E-state index in [9.17, 15) is 9.90 Å². The summed E-state index contributed by atoms with van der Waals surface area (Å²) in [5, 5.41) is 10.2. The number of hydrogen-bond donors (Lipinski definition) is 1. The van der Waals surface area contributed by atoms with Gasteiger partial charge >= 0.3 is 5.97 Å². The third-order valence-corrected chi connectivity index (χ3v) is 4.09. The third-order valence-electron chi connectivity index (χ3n) is 3.19. The van der Waals surface area contributed by atoms with Crippen LogP contribution in [0.4, 0.5) is 5.69 Å². The van der Waals surface area contributed by atoms with Gasteiger partial charge in [-0.15, -0.1) is 11.3 Å². The van der Waals surface area contributed by atoms with Gasteiger partial charge < -0.3 is 14.7 Å². The van der Waals surface area contributed by atoms with Crippen molar-refractivity contribution in [3.05, 3.63) is 39.8 Å². The molecule has 104 valence electrons. The number of rotatable bonds is 3. The lowest BCUT2D eigenvalue weighted by Crippen LogP contribution is -2.32. The summed E-state index contributed by atoms with van der Waals surface area (Å²) in [4.78, 5) is 18.8. The van der Waals surface area contributed by atoms with E-state index in [4.69, 9.17) is 4.74 Å². The predicted molar refractivity (Wildman–Crippen MR) is 76.8 cm³/mol. The highest BCUT2D eigenvalue weighted by molar-refractivity contribution is 7.11. The minimum absolute atomic E-state index is 0.215. The van der Waals surface area contributed by atoms with Crippen LogP contribution in [0.1, 0.15) is 20.2 Å². The predicted octanol–water partition coefficient (Wildman–Crippen LogP) is 2.55. The molecule has 20 heavy (non-hydrogen) atoms. The Morgan fingerprint density at radius 2 is 2.40 bits per heavy atom. The van der Waals surface area contributed by atoms with Crippen molar-refractivity contribution in [1.29, 1.82) is 0 Å². The minimum Gasteiger partial charge on any atom is -0.489 e. The number of anilines is 1. The number of benzene rings is 1. The number of aromatic carboxylic acids is 1. The summed E-state index contributed by atoms with van der Waals surface area (Å²) in [5.74, 6) is -0.496. The molecular weight excluding hydrogens is 276 g/mol. The van der Waals surface area contributed by atoms with Crippen molar-refractivity contribution in [2.75, 3.05) is 18.1 Å². The summed E-state index contributed by atoms with van der Waals surface area (Å²) in [6.07, 6.45) is 1.87. The first kappa shape index (κ1) is 12.9. The molecule has 1 aliphatic heterocycles. The Bertz CT molecular complexity index is 654. The normalized spacial score (nSPS) is 13.8. The van der Waals surface area contributed by atoms with Gasteiger partial charge in [-0.3, -0.25) is 0 Å². The number of ether oxygens (including phenoxy) is 1. The monoisotopic (exact) mass is 290 g/mol. The molecule has 1 aromatic carbocycles. The standard InChI is InChI=1S/C14H14N2O3S/c1-9-15-7-10(20-9)8-16-5-6-19-13-11(14(17)18)3-2-4-12(13)16/h2-4,7H,5-6,8H2,1H3,(H,17,18). The molecule has 2 heterocycles. The molecule has 1 N–H and O–H groups in total. The van der Waals surface area contributed by atoms with Crippen molar-refractivity contribution in [2.45, 2.75) is 13.5 Å². The highest BCUT2D eigenvalue weighted by atomic mass is 32.1. The maximum absolute atomic E-state index is 11.2. The Kier molecular flexibility index (Phi) is 3.31. The van der Waals surface area contributed by atoms with Gasteiger partial charge in [0.2, 0.25) is 0 Å². The van der Waals surface area contributed by atoms with Crippen LogP contribution in [0.5, 0.6) is 5.75 Å². The number of nitrogens with zero attached hydrogens (tertiary/aromatic N) is 2. The molecule has 3 rings (SSSR count). The Morgan fingerprint density at radius 3 is 3.10 bits per heavy atom. The van der Waals surface area contributed by atoms with E-state index in [-0.39, 0.29) is 5.56 Å². The molecule has 0 amide bonds. The van der Waals surface area contributed by atoms with Crippen molar-refractivity contribution in [1.82, 2.24) is 4.98 Å². The number of carbonyl (C=O) groups is 1. The lowest BCUT2D eigenvalue weighted by atomic mass is 10.1. The third kappa shape index (κ3) is 2.34. The average Bonchev–Trinajstić information content (AvgIpc) is 2.84. The van der Waals surface area contributed by atoms with Gasteiger partial charge in [-0.25, -0.2) is 9.78 Å². The Morgan fingerprint density at radius 1 is 1.55 bits per heavy atom. The van der Waals surface area contributed by atoms with Crippen LogP contribution in [0.25, 0.3) is 0 Å². The van der Waals surface area contributed by atoms with Crippen molar-refractivity contribution in [2.24, 2.45) is 0 Å². The van der Waals surface area contributed by atoms with Crippen LogP contribution in [-0.4, -0.2) is 29.2 Å². The number of thiazole rings is 1. The largest absolute Gasteiger partial charge is 0.489 e. The molecule has 2 aromatic rings. The zero-order valence-electron chi connectivity index (χ0n) is 11.0. The zero-order valence-corrected chi connectivity index (χ0v) is 11.8. The van der Waals surface area contributed by atoms with Crippen molar-refractivity contribution >= 4 is 23.0 Å². The van der Waals surface area contributed by atoms with Crippen LogP contribution in [-0.2, 0) is 6.54 Å². The molecule has 6 heteroatoms. The van der Waals surface area contributed by atoms with E-state index in [1.807, 2.05) is 19.2 Å². The van der Waals surface area contributed by atoms with E-state index >= 15 is 0 Å². The first-order chi connectivity index (χ1) is 9.65. The molecule has 0 bridgehead atoms. The molecular formula is C14H14N2O3S. The summed E-state index contributed by atoms with van der Waals surface area (Å²) < 4.78 is 5.55. The first-order valence-electron chi connectivity index (χ1n) is 6.30. The van der Waals surface area contributed by atoms with E-state index in [1.54, 1.807) is 23.5 Å². The molecule has 0 aliphatic carbocycles. The van der Waals surface area contributed by atoms with Crippen LogP contribution in [0, 0.1) is 6.92 Å². The van der Waals surface area contributed by atoms with Gasteiger partial charge in [-0.05, 0) is 19.1 Å². The number of fused-ring (bicyclic) bond motifs is 1. The van der Waals surface area contributed by atoms with Crippen LogP contribution < -0.4 is 9.64 Å². The number of para-hydroxylation sites is 1. The summed E-state index contributed by atoms with van der Waals surface area (Å²) in [5.41, 5.74) is 1.05. The molecule has 0 saturated carbocycles. The van der Waals surface area contributed by atoms with E-state index in [0.29, 0.717) is 12.4 Å². The quantitative estimate of drug-likeness (QED) is 0.941. The highest BCUT2D eigenvalue weighted by Crippen LogP contribution is 2.36. The lowest BCUT2D eigenvalue weighted by Gasteiger charge is -2.31. The van der Waals surface area contributed by atoms with E-state index in [2.05, 4.69) is 9.88 Å². The van der Waals surface area contributed by atoms with Gasteiger partial charge in [-0.1, -0.05) is 6.07 Å². The first-order valence-corrected chi connectivity index (χ1v) is 7.12. The Labute approximate surface area is 120 Å². The summed E-state index contributed by atoms with van der Waals surface area (Å²) in [6, 6.07) is 5.22. The molecule has 0 unspecified atom stereocenters. The highest BCUT2D eigenvalue weighted by Gasteiger charge is 2.23. The van der Waals surface area contributed by atoms with Crippen molar-refractivity contribution in [3.63, 3.8) is 0 Å². The van der Waals surface area contributed by atoms with Gasteiger partial charge in [0.15, 0.2) is 5.75 Å². The zero-order chi connectivity index (χ0) is 14.1. The van der Waals surface area contributed by atoms with E-state index in [1.165, 1.54) is 0 Å². The molecule has 1 aliphatic rings. The fourth-order valence-corrected chi connectivity index (χ4v) is 3.11. The maximum atomic E-state index is 11.2. The molecule has 0 radical (unpaired) electrons. The lowest BCUT2D eigenvalue weighted by molar-refractivity contribution is 0.0692. The topological polar surface area (TPSA) is 62.7 Å². The number of aryl methyl sites for hydroxylation is 1. The van der Waals surface area contributed by atoms with Crippen LogP contribution in [0.15, 0.2) is 24.4 Å². The van der Waals surface area contributed by atoms with Gasteiger partial charge in [0.05, 0.1) is 23.8 Å². The molecule has 1 aromatic heterocycles. The second-order valence-electron chi connectivity index (χ2n) is 4.57. The van der Waals surface area contributed by atoms with E-state index < -0.39 is 5.97 Å². The molecule has 5 nitrogen and oxygen atoms in total. The number of aromatic nitrogens is 1. The Hall–Kier alpha value is -2.08. The maximum Gasteiger partial charge on any atom is 0.339 e. The van der Waals surface area contributed by atoms with E-state index in [0.717, 1.165) is 28.7 Å². The van der Waals surface area contributed by atoms with Gasteiger partial charge in [-0.2, -0.15) is 0 Å². The number of carboxylic acid groups (broad SMARTS) is 1.